The maximum atomic E-state index is 8.93. The Labute approximate surface area is 50.0 Å². The van der Waals surface area contributed by atoms with Gasteiger partial charge in [0.1, 0.15) is 0 Å². The Bertz CT molecular complexity index is 88.5. The second-order valence-electron chi connectivity index (χ2n) is 1.78. The first-order valence-corrected chi connectivity index (χ1v) is 2.73. The first-order valence-electron chi connectivity index (χ1n) is 2.73. The Balaban J connectivity index is 3.63. The molecule has 1 unspecified atom stereocenters. The molecule has 3 N–H and O–H groups in total. The molecule has 0 aliphatic rings. The van der Waals surface area contributed by atoms with Gasteiger partial charge in [-0.25, -0.2) is 0 Å². The van der Waals surface area contributed by atoms with Gasteiger partial charge in [0.2, 0.25) is 0 Å². The molecule has 1 atom stereocenters. The highest BCUT2D eigenvalue weighted by Gasteiger charge is 1.99. The van der Waals surface area contributed by atoms with Gasteiger partial charge in [0.15, 0.2) is 0 Å². The Morgan fingerprint density at radius 1 is 1.88 bits per heavy atom. The zero-order chi connectivity index (χ0) is 6.57. The summed E-state index contributed by atoms with van der Waals surface area (Å²) in [7, 11) is 0. The largest absolute Gasteiger partial charge is 0.387 e. The van der Waals surface area contributed by atoms with Gasteiger partial charge < -0.3 is 10.8 Å². The van der Waals surface area contributed by atoms with E-state index in [2.05, 4.69) is 0 Å². The summed E-state index contributed by atoms with van der Waals surface area (Å²) in [6.07, 6.45) is 1.41. The first-order chi connectivity index (χ1) is 3.72. The van der Waals surface area contributed by atoms with Crippen LogP contribution in [0.2, 0.25) is 0 Å². The third kappa shape index (κ3) is 2.09. The Morgan fingerprint density at radius 2 is 2.38 bits per heavy atom. The number of nitrogens with two attached hydrogens (primary N) is 1. The number of hydrogen-bond acceptors (Lipinski definition) is 2. The molecule has 0 fully saturated rings. The summed E-state index contributed by atoms with van der Waals surface area (Å²) in [4.78, 5) is 0. The fourth-order valence-corrected chi connectivity index (χ4v) is 0.378. The van der Waals surface area contributed by atoms with E-state index in [4.69, 9.17) is 10.8 Å². The molecular weight excluding hydrogens is 102 g/mol. The maximum absolute atomic E-state index is 8.93. The highest BCUT2D eigenvalue weighted by Crippen LogP contribution is 1.96. The van der Waals surface area contributed by atoms with Gasteiger partial charge in [-0.3, -0.25) is 0 Å². The van der Waals surface area contributed by atoms with Crippen LogP contribution in [0.4, 0.5) is 0 Å². The predicted molar refractivity (Wildman–Crippen MR) is 34.5 cm³/mol. The van der Waals surface area contributed by atoms with Gasteiger partial charge in [0.25, 0.3) is 0 Å². The molecule has 0 heterocycles. The zero-order valence-corrected chi connectivity index (χ0v) is 5.39. The Kier molecular flexibility index (Phi) is 3.48. The van der Waals surface area contributed by atoms with Crippen LogP contribution in [-0.4, -0.2) is 17.8 Å². The fraction of sp³-hybridized carbons (Fsp3) is 0.667. The van der Waals surface area contributed by atoms with E-state index < -0.39 is 6.10 Å². The minimum Gasteiger partial charge on any atom is -0.387 e. The molecule has 0 aliphatic heterocycles. The normalized spacial score (nSPS) is 16.2. The number of allylic oxidation sites excluding steroid dienone is 1. The van der Waals surface area contributed by atoms with Gasteiger partial charge in [-0.2, -0.15) is 0 Å². The van der Waals surface area contributed by atoms with Gasteiger partial charge >= 0.3 is 0 Å². The second-order valence-corrected chi connectivity index (χ2v) is 1.78. The highest BCUT2D eigenvalue weighted by molar-refractivity contribution is 5.02. The minimum absolute atomic E-state index is 0.316. The van der Waals surface area contributed by atoms with E-state index in [1.165, 1.54) is 0 Å². The van der Waals surface area contributed by atoms with E-state index in [9.17, 15) is 0 Å². The van der Waals surface area contributed by atoms with Crippen molar-refractivity contribution in [2.45, 2.75) is 20.0 Å². The molecule has 0 aliphatic carbocycles. The third-order valence-electron chi connectivity index (χ3n) is 1.20. The molecule has 0 aromatic heterocycles. The Hall–Kier alpha value is -0.340. The van der Waals surface area contributed by atoms with Crippen molar-refractivity contribution < 1.29 is 5.11 Å². The molecular formula is C6H13NO. The van der Waals surface area contributed by atoms with E-state index in [1.54, 1.807) is 0 Å². The summed E-state index contributed by atoms with van der Waals surface area (Å²) >= 11 is 0. The lowest BCUT2D eigenvalue weighted by Gasteiger charge is -2.05. The van der Waals surface area contributed by atoms with Crippen molar-refractivity contribution in [2.75, 3.05) is 6.54 Å². The van der Waals surface area contributed by atoms with Crippen LogP contribution in [0.1, 0.15) is 13.8 Å². The molecule has 0 rings (SSSR count). The van der Waals surface area contributed by atoms with Gasteiger partial charge in [-0.1, -0.05) is 6.08 Å². The molecule has 0 saturated heterocycles. The third-order valence-corrected chi connectivity index (χ3v) is 1.20. The van der Waals surface area contributed by atoms with E-state index in [-0.39, 0.29) is 0 Å². The van der Waals surface area contributed by atoms with Crippen LogP contribution >= 0.6 is 0 Å². The monoisotopic (exact) mass is 115 g/mol. The van der Waals surface area contributed by atoms with E-state index in [1.807, 2.05) is 19.9 Å². The lowest BCUT2D eigenvalue weighted by Crippen LogP contribution is -2.20. The van der Waals surface area contributed by atoms with Gasteiger partial charge in [0.05, 0.1) is 6.10 Å². The maximum Gasteiger partial charge on any atom is 0.0869 e. The molecule has 0 amide bonds. The van der Waals surface area contributed by atoms with E-state index in [0.717, 1.165) is 5.57 Å². The summed E-state index contributed by atoms with van der Waals surface area (Å²) < 4.78 is 0. The number of rotatable bonds is 2. The molecule has 0 aromatic carbocycles. The zero-order valence-electron chi connectivity index (χ0n) is 5.39. The molecule has 2 heteroatoms. The average Bonchev–Trinajstić information content (AvgIpc) is 1.84. The van der Waals surface area contributed by atoms with Crippen LogP contribution < -0.4 is 5.73 Å². The molecule has 8 heavy (non-hydrogen) atoms. The van der Waals surface area contributed by atoms with Gasteiger partial charge in [-0.05, 0) is 19.4 Å². The number of aliphatic hydroxyl groups is 1. The molecule has 0 bridgehead atoms. The molecule has 48 valence electrons. The minimum atomic E-state index is -0.444. The second kappa shape index (κ2) is 3.64. The standard InChI is InChI=1S/C6H13NO/c1-3-5(2)6(8)4-7/h3,6,8H,4,7H2,1-2H3. The van der Waals surface area contributed by atoms with Gasteiger partial charge in [-0.15, -0.1) is 0 Å². The number of hydrogen-bond donors (Lipinski definition) is 2. The summed E-state index contributed by atoms with van der Waals surface area (Å²) in [5.41, 5.74) is 6.10. The van der Waals surface area contributed by atoms with Crippen molar-refractivity contribution in [3.8, 4) is 0 Å². The van der Waals surface area contributed by atoms with Crippen molar-refractivity contribution in [2.24, 2.45) is 5.73 Å². The quantitative estimate of drug-likeness (QED) is 0.507. The number of aliphatic hydroxyl groups excluding tert-OH is 1. The van der Waals surface area contributed by atoms with Crippen molar-refractivity contribution >= 4 is 0 Å². The van der Waals surface area contributed by atoms with Crippen molar-refractivity contribution in [3.63, 3.8) is 0 Å². The summed E-state index contributed by atoms with van der Waals surface area (Å²) in [5.74, 6) is 0. The smallest absolute Gasteiger partial charge is 0.0869 e. The molecule has 0 spiro atoms. The van der Waals surface area contributed by atoms with Crippen LogP contribution in [0.15, 0.2) is 11.6 Å². The predicted octanol–water partition coefficient (Wildman–Crippen LogP) is 0.272. The van der Waals surface area contributed by atoms with Crippen LogP contribution in [0.25, 0.3) is 0 Å². The lowest BCUT2D eigenvalue weighted by molar-refractivity contribution is 0.219. The van der Waals surface area contributed by atoms with Crippen molar-refractivity contribution in [3.05, 3.63) is 11.6 Å². The van der Waals surface area contributed by atoms with Gasteiger partial charge in [0, 0.05) is 6.54 Å². The molecule has 0 radical (unpaired) electrons. The van der Waals surface area contributed by atoms with Crippen LogP contribution in [0.5, 0.6) is 0 Å². The molecule has 0 aromatic rings. The molecule has 2 nitrogen and oxygen atoms in total. The van der Waals surface area contributed by atoms with Crippen LogP contribution in [0, 0.1) is 0 Å². The fourth-order valence-electron chi connectivity index (χ4n) is 0.378. The Morgan fingerprint density at radius 3 is 2.50 bits per heavy atom. The van der Waals surface area contributed by atoms with E-state index >= 15 is 0 Å². The SMILES string of the molecule is CC=C(C)C(O)CN. The lowest BCUT2D eigenvalue weighted by atomic mass is 10.2. The topological polar surface area (TPSA) is 46.2 Å². The van der Waals surface area contributed by atoms with Crippen LogP contribution in [0.3, 0.4) is 0 Å². The average molecular weight is 115 g/mol. The van der Waals surface area contributed by atoms with E-state index in [0.29, 0.717) is 6.54 Å². The van der Waals surface area contributed by atoms with Crippen molar-refractivity contribution in [1.29, 1.82) is 0 Å². The molecule has 0 saturated carbocycles. The summed E-state index contributed by atoms with van der Waals surface area (Å²) in [5, 5.41) is 8.93. The summed E-state index contributed by atoms with van der Waals surface area (Å²) in [6.45, 7) is 4.06. The summed E-state index contributed by atoms with van der Waals surface area (Å²) in [6, 6.07) is 0. The highest BCUT2D eigenvalue weighted by atomic mass is 16.3. The first kappa shape index (κ1) is 7.66. The van der Waals surface area contributed by atoms with Crippen LogP contribution in [-0.2, 0) is 0 Å². The van der Waals surface area contributed by atoms with Crippen molar-refractivity contribution in [1.82, 2.24) is 0 Å².